The van der Waals surface area contributed by atoms with Gasteiger partial charge in [0.1, 0.15) is 12.4 Å². The molecular weight excluding hydrogens is 494 g/mol. The standard InChI is InChI=1S/C26H33ClF2N2O3S/c1-26(28,29)17-34-25-30-23-15-31(12-10-24(23)35-25)11-9-18-5-7-19(8-6-18)13-21(32)16-33-22-4-2-3-20(27)14-22/h2-4,14,18-19H,5-13,15-17H2,1H3. The van der Waals surface area contributed by atoms with Crippen molar-refractivity contribution in [1.29, 1.82) is 0 Å². The van der Waals surface area contributed by atoms with Crippen molar-refractivity contribution in [2.24, 2.45) is 11.8 Å². The minimum absolute atomic E-state index is 0.0987. The molecule has 35 heavy (non-hydrogen) atoms. The molecule has 0 radical (unpaired) electrons. The van der Waals surface area contributed by atoms with Crippen LogP contribution in [0.15, 0.2) is 24.3 Å². The highest BCUT2D eigenvalue weighted by Crippen LogP contribution is 2.34. The number of carbonyl (C=O) groups is 1. The van der Waals surface area contributed by atoms with Crippen molar-refractivity contribution in [3.05, 3.63) is 39.9 Å². The molecule has 1 aromatic carbocycles. The molecule has 2 aromatic rings. The Morgan fingerprint density at radius 1 is 1.23 bits per heavy atom. The van der Waals surface area contributed by atoms with E-state index in [0.29, 0.717) is 34.2 Å². The van der Waals surface area contributed by atoms with E-state index < -0.39 is 12.5 Å². The van der Waals surface area contributed by atoms with E-state index in [1.54, 1.807) is 12.1 Å². The second-order valence-corrected chi connectivity index (χ2v) is 11.4. The maximum Gasteiger partial charge on any atom is 0.278 e. The summed E-state index contributed by atoms with van der Waals surface area (Å²) >= 11 is 7.35. The Balaban J connectivity index is 1.13. The lowest BCUT2D eigenvalue weighted by Crippen LogP contribution is -2.32. The minimum Gasteiger partial charge on any atom is -0.486 e. The third kappa shape index (κ3) is 8.40. The number of ketones is 1. The van der Waals surface area contributed by atoms with Crippen LogP contribution in [0, 0.1) is 11.8 Å². The number of Topliss-reactive ketones (excluding diaryl/α,β-unsaturated/α-hetero) is 1. The topological polar surface area (TPSA) is 51.7 Å². The summed E-state index contributed by atoms with van der Waals surface area (Å²) < 4.78 is 36.9. The molecule has 9 heteroatoms. The molecule has 1 saturated carbocycles. The van der Waals surface area contributed by atoms with Crippen LogP contribution in [0.4, 0.5) is 8.78 Å². The molecule has 0 N–H and O–H groups in total. The van der Waals surface area contributed by atoms with E-state index in [1.165, 1.54) is 11.3 Å². The monoisotopic (exact) mass is 526 g/mol. The summed E-state index contributed by atoms with van der Waals surface area (Å²) in [5.74, 6) is -0.945. The fourth-order valence-electron chi connectivity index (χ4n) is 4.86. The number of alkyl halides is 2. The van der Waals surface area contributed by atoms with Gasteiger partial charge in [0.05, 0.1) is 5.69 Å². The minimum atomic E-state index is -2.85. The lowest BCUT2D eigenvalue weighted by atomic mass is 9.78. The van der Waals surface area contributed by atoms with Gasteiger partial charge in [-0.25, -0.2) is 13.8 Å². The Morgan fingerprint density at radius 2 is 2.00 bits per heavy atom. The number of aromatic nitrogens is 1. The van der Waals surface area contributed by atoms with Crippen molar-refractivity contribution >= 4 is 28.7 Å². The molecule has 0 atom stereocenters. The SMILES string of the molecule is CC(F)(F)COc1nc2c(s1)CCN(CCC1CCC(CC(=O)COc3cccc(Cl)c3)CC1)C2. The average molecular weight is 527 g/mol. The van der Waals surface area contributed by atoms with Gasteiger partial charge < -0.3 is 9.47 Å². The van der Waals surface area contributed by atoms with Crippen LogP contribution in [0.2, 0.25) is 5.02 Å². The van der Waals surface area contributed by atoms with Gasteiger partial charge in [-0.2, -0.15) is 0 Å². The summed E-state index contributed by atoms with van der Waals surface area (Å²) in [6.45, 7) is 3.06. The fraction of sp³-hybridized carbons (Fsp3) is 0.615. The zero-order valence-electron chi connectivity index (χ0n) is 20.1. The lowest BCUT2D eigenvalue weighted by Gasteiger charge is -2.31. The number of hydrogen-bond donors (Lipinski definition) is 0. The van der Waals surface area contributed by atoms with Gasteiger partial charge in [0.25, 0.3) is 11.1 Å². The Hall–Kier alpha value is -1.77. The molecule has 0 spiro atoms. The average Bonchev–Trinajstić information content (AvgIpc) is 3.23. The van der Waals surface area contributed by atoms with E-state index in [1.807, 2.05) is 12.1 Å². The number of thiazole rings is 1. The van der Waals surface area contributed by atoms with Gasteiger partial charge in [0.2, 0.25) is 0 Å². The predicted molar refractivity (Wildman–Crippen MR) is 134 cm³/mol. The highest BCUT2D eigenvalue weighted by Gasteiger charge is 2.27. The van der Waals surface area contributed by atoms with Crippen LogP contribution in [-0.4, -0.2) is 47.9 Å². The molecule has 0 amide bonds. The highest BCUT2D eigenvalue weighted by molar-refractivity contribution is 7.13. The Bertz CT molecular complexity index is 989. The van der Waals surface area contributed by atoms with Crippen LogP contribution in [0.3, 0.4) is 0 Å². The van der Waals surface area contributed by atoms with Crippen molar-refractivity contribution in [1.82, 2.24) is 9.88 Å². The summed E-state index contributed by atoms with van der Waals surface area (Å²) in [7, 11) is 0. The van der Waals surface area contributed by atoms with E-state index in [-0.39, 0.29) is 12.4 Å². The number of halogens is 3. The van der Waals surface area contributed by atoms with Gasteiger partial charge in [-0.05, 0) is 62.3 Å². The molecule has 1 aromatic heterocycles. The first-order chi connectivity index (χ1) is 16.7. The summed E-state index contributed by atoms with van der Waals surface area (Å²) in [4.78, 5) is 20.4. The van der Waals surface area contributed by atoms with Crippen LogP contribution in [0.1, 0.15) is 56.0 Å². The summed E-state index contributed by atoms with van der Waals surface area (Å²) in [6.07, 6.45) is 7.12. The van der Waals surface area contributed by atoms with Gasteiger partial charge in [0, 0.05) is 36.3 Å². The molecule has 2 aliphatic rings. The highest BCUT2D eigenvalue weighted by atomic mass is 35.5. The van der Waals surface area contributed by atoms with E-state index in [4.69, 9.17) is 21.1 Å². The van der Waals surface area contributed by atoms with Crippen molar-refractivity contribution in [3.8, 4) is 10.9 Å². The van der Waals surface area contributed by atoms with Crippen molar-refractivity contribution in [3.63, 3.8) is 0 Å². The van der Waals surface area contributed by atoms with Crippen molar-refractivity contribution in [2.75, 3.05) is 26.3 Å². The van der Waals surface area contributed by atoms with E-state index in [9.17, 15) is 13.6 Å². The summed E-state index contributed by atoms with van der Waals surface area (Å²) in [6, 6.07) is 7.12. The fourth-order valence-corrected chi connectivity index (χ4v) is 5.95. The Kier molecular flexibility index (Phi) is 9.00. The molecule has 0 saturated heterocycles. The first-order valence-corrected chi connectivity index (χ1v) is 13.5. The number of nitrogens with zero attached hydrogens (tertiary/aromatic N) is 2. The van der Waals surface area contributed by atoms with E-state index in [2.05, 4.69) is 9.88 Å². The van der Waals surface area contributed by atoms with Gasteiger partial charge in [0.15, 0.2) is 12.4 Å². The molecule has 1 fully saturated rings. The number of hydrogen-bond acceptors (Lipinski definition) is 6. The predicted octanol–water partition coefficient (Wildman–Crippen LogP) is 6.42. The summed E-state index contributed by atoms with van der Waals surface area (Å²) in [5, 5.41) is 0.951. The Morgan fingerprint density at radius 3 is 2.74 bits per heavy atom. The van der Waals surface area contributed by atoms with Crippen LogP contribution < -0.4 is 9.47 Å². The second kappa shape index (κ2) is 12.0. The van der Waals surface area contributed by atoms with Crippen LogP contribution in [-0.2, 0) is 17.8 Å². The molecule has 0 unspecified atom stereocenters. The molecule has 4 rings (SSSR count). The Labute approximate surface area is 214 Å². The molecule has 192 valence electrons. The van der Waals surface area contributed by atoms with Crippen LogP contribution in [0.5, 0.6) is 10.9 Å². The first kappa shape index (κ1) is 26.3. The second-order valence-electron chi connectivity index (χ2n) is 9.90. The van der Waals surface area contributed by atoms with E-state index >= 15 is 0 Å². The van der Waals surface area contributed by atoms with Crippen LogP contribution >= 0.6 is 22.9 Å². The van der Waals surface area contributed by atoms with Gasteiger partial charge in [-0.15, -0.1) is 0 Å². The van der Waals surface area contributed by atoms with Crippen molar-refractivity contribution in [2.45, 2.75) is 64.3 Å². The normalized spacial score (nSPS) is 20.9. The first-order valence-electron chi connectivity index (χ1n) is 12.3. The smallest absolute Gasteiger partial charge is 0.278 e. The third-order valence-corrected chi connectivity index (χ3v) is 8.07. The van der Waals surface area contributed by atoms with Gasteiger partial charge in [-0.3, -0.25) is 9.69 Å². The van der Waals surface area contributed by atoms with Crippen molar-refractivity contribution < 1.29 is 23.0 Å². The summed E-state index contributed by atoms with van der Waals surface area (Å²) in [5.41, 5.74) is 0.970. The largest absolute Gasteiger partial charge is 0.486 e. The lowest BCUT2D eigenvalue weighted by molar-refractivity contribution is -0.122. The molecular formula is C26H33ClF2N2O3S. The number of ether oxygens (including phenoxy) is 2. The zero-order chi connectivity index (χ0) is 24.8. The number of carbonyl (C=O) groups excluding carboxylic acids is 1. The van der Waals surface area contributed by atoms with Crippen LogP contribution in [0.25, 0.3) is 0 Å². The quantitative estimate of drug-likeness (QED) is 0.338. The number of rotatable bonds is 11. The maximum absolute atomic E-state index is 13.0. The van der Waals surface area contributed by atoms with E-state index in [0.717, 1.165) is 75.7 Å². The number of fused-ring (bicyclic) bond motifs is 1. The van der Waals surface area contributed by atoms with Gasteiger partial charge >= 0.3 is 0 Å². The van der Waals surface area contributed by atoms with Gasteiger partial charge in [-0.1, -0.05) is 41.8 Å². The molecule has 2 heterocycles. The molecule has 0 bridgehead atoms. The third-order valence-electron chi connectivity index (χ3n) is 6.77. The molecule has 1 aliphatic carbocycles. The number of benzene rings is 1. The zero-order valence-corrected chi connectivity index (χ0v) is 21.7. The molecule has 1 aliphatic heterocycles. The maximum atomic E-state index is 13.0. The molecule has 5 nitrogen and oxygen atoms in total.